The molecule has 0 atom stereocenters. The Bertz CT molecular complexity index is 838. The molecule has 1 aliphatic carbocycles. The second-order valence-corrected chi connectivity index (χ2v) is 8.11. The summed E-state index contributed by atoms with van der Waals surface area (Å²) in [4.78, 5) is 49.5. The van der Waals surface area contributed by atoms with Crippen LogP contribution < -0.4 is 10.7 Å². The van der Waals surface area contributed by atoms with Gasteiger partial charge in [0.05, 0.1) is 5.69 Å². The van der Waals surface area contributed by atoms with Crippen molar-refractivity contribution in [2.45, 2.75) is 64.8 Å². The monoisotopic (exact) mass is 406 g/mol. The number of imide groups is 1. The van der Waals surface area contributed by atoms with Crippen LogP contribution in [-0.2, 0) is 14.3 Å². The largest absolute Gasteiger partial charge is 0.452 e. The lowest BCUT2D eigenvalue weighted by Gasteiger charge is -2.33. The number of aryl methyl sites for hydroxylation is 1. The van der Waals surface area contributed by atoms with Crippen molar-refractivity contribution in [3.8, 4) is 0 Å². The van der Waals surface area contributed by atoms with Gasteiger partial charge in [0.1, 0.15) is 11.1 Å². The Kier molecular flexibility index (Phi) is 5.63. The van der Waals surface area contributed by atoms with E-state index in [0.29, 0.717) is 35.2 Å². The lowest BCUT2D eigenvalue weighted by Crippen LogP contribution is -2.52. The number of ether oxygens (including phenoxy) is 1. The van der Waals surface area contributed by atoms with E-state index in [2.05, 4.69) is 22.8 Å². The van der Waals surface area contributed by atoms with E-state index in [9.17, 15) is 19.2 Å². The van der Waals surface area contributed by atoms with Gasteiger partial charge >= 0.3 is 12.0 Å². The molecular formula is C19H26N4O6. The summed E-state index contributed by atoms with van der Waals surface area (Å²) in [5.41, 5.74) is 1.81. The number of aromatic nitrogens is 1. The van der Waals surface area contributed by atoms with E-state index in [4.69, 9.17) is 9.26 Å². The molecule has 4 amide bonds. The minimum Gasteiger partial charge on any atom is -0.452 e. The molecule has 1 saturated heterocycles. The molecule has 3 rings (SSSR count). The van der Waals surface area contributed by atoms with E-state index in [1.54, 1.807) is 6.92 Å². The van der Waals surface area contributed by atoms with Gasteiger partial charge in [-0.05, 0) is 38.5 Å². The van der Waals surface area contributed by atoms with Crippen molar-refractivity contribution in [1.29, 1.82) is 0 Å². The molecule has 158 valence electrons. The SMILES string of the molecule is Cc1noc(C(C)C)c1C(=O)OCC(=O)NN1C(=O)NC2(CCC(C)CC2)C1=O. The third kappa shape index (κ3) is 3.96. The highest BCUT2D eigenvalue weighted by Gasteiger charge is 2.52. The molecule has 1 aliphatic heterocycles. The fourth-order valence-electron chi connectivity index (χ4n) is 3.71. The second-order valence-electron chi connectivity index (χ2n) is 8.11. The number of esters is 1. The minimum atomic E-state index is -0.959. The quantitative estimate of drug-likeness (QED) is 0.563. The molecule has 1 spiro atoms. The number of rotatable bonds is 5. The number of amides is 4. The molecule has 1 aromatic rings. The lowest BCUT2D eigenvalue weighted by molar-refractivity contribution is -0.141. The smallest absolute Gasteiger partial charge is 0.344 e. The number of carbonyl (C=O) groups is 4. The van der Waals surface area contributed by atoms with Crippen LogP contribution in [0.1, 0.15) is 74.2 Å². The number of nitrogens with one attached hydrogen (secondary N) is 2. The van der Waals surface area contributed by atoms with Gasteiger partial charge in [-0.25, -0.2) is 9.59 Å². The van der Waals surface area contributed by atoms with Crippen molar-refractivity contribution < 1.29 is 28.4 Å². The number of hydrogen-bond donors (Lipinski definition) is 2. The van der Waals surface area contributed by atoms with E-state index in [-0.39, 0.29) is 11.5 Å². The highest BCUT2D eigenvalue weighted by molar-refractivity contribution is 6.08. The first-order valence-electron chi connectivity index (χ1n) is 9.74. The van der Waals surface area contributed by atoms with Crippen LogP contribution in [0, 0.1) is 12.8 Å². The Morgan fingerprint density at radius 1 is 1.34 bits per heavy atom. The van der Waals surface area contributed by atoms with E-state index in [0.717, 1.165) is 12.8 Å². The first kappa shape index (κ1) is 20.8. The molecule has 2 N–H and O–H groups in total. The van der Waals surface area contributed by atoms with Gasteiger partial charge in [0.2, 0.25) is 0 Å². The average Bonchev–Trinajstić information content (AvgIpc) is 3.16. The van der Waals surface area contributed by atoms with Crippen molar-refractivity contribution in [2.24, 2.45) is 5.92 Å². The molecule has 0 aromatic carbocycles. The first-order valence-corrected chi connectivity index (χ1v) is 9.74. The molecule has 0 radical (unpaired) electrons. The van der Waals surface area contributed by atoms with Crippen molar-refractivity contribution in [3.63, 3.8) is 0 Å². The molecule has 1 aromatic heterocycles. The number of hydrazine groups is 1. The molecule has 1 saturated carbocycles. The normalized spacial score (nSPS) is 24.2. The Morgan fingerprint density at radius 3 is 2.62 bits per heavy atom. The third-order valence-corrected chi connectivity index (χ3v) is 5.48. The van der Waals surface area contributed by atoms with Crippen molar-refractivity contribution in [1.82, 2.24) is 20.9 Å². The highest BCUT2D eigenvalue weighted by atomic mass is 16.5. The van der Waals surface area contributed by atoms with Gasteiger partial charge in [-0.2, -0.15) is 5.01 Å². The van der Waals surface area contributed by atoms with Crippen LogP contribution in [0.2, 0.25) is 0 Å². The van der Waals surface area contributed by atoms with Crippen molar-refractivity contribution in [3.05, 3.63) is 17.0 Å². The van der Waals surface area contributed by atoms with Gasteiger partial charge in [0.15, 0.2) is 12.4 Å². The summed E-state index contributed by atoms with van der Waals surface area (Å²) in [6.45, 7) is 6.72. The van der Waals surface area contributed by atoms with Crippen molar-refractivity contribution in [2.75, 3.05) is 6.61 Å². The van der Waals surface area contributed by atoms with Gasteiger partial charge < -0.3 is 14.6 Å². The Morgan fingerprint density at radius 2 is 2.00 bits per heavy atom. The maximum atomic E-state index is 12.7. The second kappa shape index (κ2) is 7.84. The van der Waals surface area contributed by atoms with Gasteiger partial charge in [0, 0.05) is 5.92 Å². The van der Waals surface area contributed by atoms with Gasteiger partial charge in [-0.15, -0.1) is 0 Å². The fraction of sp³-hybridized carbons (Fsp3) is 0.632. The van der Waals surface area contributed by atoms with E-state index in [1.807, 2.05) is 13.8 Å². The number of urea groups is 1. The minimum absolute atomic E-state index is 0.0899. The molecule has 2 fully saturated rings. The van der Waals surface area contributed by atoms with Gasteiger partial charge in [-0.1, -0.05) is 25.9 Å². The predicted octanol–water partition coefficient (Wildman–Crippen LogP) is 1.80. The fourth-order valence-corrected chi connectivity index (χ4v) is 3.71. The summed E-state index contributed by atoms with van der Waals surface area (Å²) in [6, 6.07) is -0.679. The molecule has 10 heteroatoms. The maximum absolute atomic E-state index is 12.7. The van der Waals surface area contributed by atoms with E-state index >= 15 is 0 Å². The zero-order valence-corrected chi connectivity index (χ0v) is 17.0. The molecular weight excluding hydrogens is 380 g/mol. The summed E-state index contributed by atoms with van der Waals surface area (Å²) >= 11 is 0. The van der Waals surface area contributed by atoms with Gasteiger partial charge in [0.25, 0.3) is 11.8 Å². The summed E-state index contributed by atoms with van der Waals surface area (Å²) in [5, 5.41) is 7.14. The van der Waals surface area contributed by atoms with Crippen LogP contribution in [0.4, 0.5) is 4.79 Å². The summed E-state index contributed by atoms with van der Waals surface area (Å²) in [7, 11) is 0. The molecule has 0 unspecified atom stereocenters. The number of hydrogen-bond acceptors (Lipinski definition) is 7. The third-order valence-electron chi connectivity index (χ3n) is 5.48. The van der Waals surface area contributed by atoms with E-state index in [1.165, 1.54) is 0 Å². The number of nitrogens with zero attached hydrogens (tertiary/aromatic N) is 2. The Labute approximate surface area is 168 Å². The molecule has 0 bridgehead atoms. The van der Waals surface area contributed by atoms with E-state index < -0.39 is 36.0 Å². The van der Waals surface area contributed by atoms with Crippen LogP contribution in [0.3, 0.4) is 0 Å². The topological polar surface area (TPSA) is 131 Å². The maximum Gasteiger partial charge on any atom is 0.344 e. The van der Waals surface area contributed by atoms with Crippen LogP contribution in [0.5, 0.6) is 0 Å². The summed E-state index contributed by atoms with van der Waals surface area (Å²) in [6.07, 6.45) is 2.71. The zero-order chi connectivity index (χ0) is 21.3. The predicted molar refractivity (Wildman–Crippen MR) is 99.5 cm³/mol. The number of carbonyl (C=O) groups excluding carboxylic acids is 4. The average molecular weight is 406 g/mol. The standard InChI is InChI=1S/C19H26N4O6/c1-10(2)15-14(12(4)22-29-15)16(25)28-9-13(24)21-23-17(26)19(20-18(23)27)7-5-11(3)6-8-19/h10-11H,5-9H2,1-4H3,(H,20,27)(H,21,24). The molecule has 10 nitrogen and oxygen atoms in total. The van der Waals surface area contributed by atoms with Crippen LogP contribution >= 0.6 is 0 Å². The first-order chi connectivity index (χ1) is 13.6. The molecule has 2 aliphatic rings. The van der Waals surface area contributed by atoms with Crippen LogP contribution in [0.15, 0.2) is 4.52 Å². The Balaban J connectivity index is 1.59. The summed E-state index contributed by atoms with van der Waals surface area (Å²) < 4.78 is 10.2. The lowest BCUT2D eigenvalue weighted by atomic mass is 9.77. The molecule has 29 heavy (non-hydrogen) atoms. The zero-order valence-electron chi connectivity index (χ0n) is 17.0. The Hall–Kier alpha value is -2.91. The van der Waals surface area contributed by atoms with Crippen LogP contribution in [0.25, 0.3) is 0 Å². The van der Waals surface area contributed by atoms with Gasteiger partial charge in [-0.3, -0.25) is 15.0 Å². The highest BCUT2D eigenvalue weighted by Crippen LogP contribution is 2.35. The summed E-state index contributed by atoms with van der Waals surface area (Å²) in [5.74, 6) is -1.25. The molecule has 2 heterocycles. The van der Waals surface area contributed by atoms with Crippen molar-refractivity contribution >= 4 is 23.8 Å². The van der Waals surface area contributed by atoms with Crippen LogP contribution in [-0.4, -0.2) is 46.1 Å².